The van der Waals surface area contributed by atoms with E-state index in [1.54, 1.807) is 0 Å². The van der Waals surface area contributed by atoms with Crippen LogP contribution >= 0.6 is 0 Å². The van der Waals surface area contributed by atoms with Crippen LogP contribution in [0.4, 0.5) is 0 Å². The lowest BCUT2D eigenvalue weighted by Crippen LogP contribution is -2.48. The van der Waals surface area contributed by atoms with Crippen LogP contribution in [0.2, 0.25) is 0 Å². The Morgan fingerprint density at radius 3 is 3.00 bits per heavy atom. The summed E-state index contributed by atoms with van der Waals surface area (Å²) in [6.07, 6.45) is 3.17. The van der Waals surface area contributed by atoms with E-state index >= 15 is 0 Å². The highest BCUT2D eigenvalue weighted by Gasteiger charge is 2.41. The highest BCUT2D eigenvalue weighted by molar-refractivity contribution is 4.93. The maximum Gasteiger partial charge on any atom is 0.0951 e. The summed E-state index contributed by atoms with van der Waals surface area (Å²) in [5, 5.41) is 8.65. The van der Waals surface area contributed by atoms with Crippen molar-refractivity contribution in [1.82, 2.24) is 4.90 Å². The number of rotatable bonds is 6. The minimum atomic E-state index is -0.0247. The number of hydrogen-bond donors (Lipinski definition) is 1. The highest BCUT2D eigenvalue weighted by Crippen LogP contribution is 2.34. The summed E-state index contributed by atoms with van der Waals surface area (Å²) in [5.74, 6) is 0. The summed E-state index contributed by atoms with van der Waals surface area (Å²) < 4.78 is 16.7. The summed E-state index contributed by atoms with van der Waals surface area (Å²) in [7, 11) is 2.14. The zero-order valence-corrected chi connectivity index (χ0v) is 11.3. The Balaban J connectivity index is 1.74. The maximum atomic E-state index is 8.65. The van der Waals surface area contributed by atoms with Gasteiger partial charge in [0.1, 0.15) is 0 Å². The van der Waals surface area contributed by atoms with E-state index in [4.69, 9.17) is 19.3 Å². The molecule has 2 heterocycles. The monoisotopic (exact) mass is 259 g/mol. The van der Waals surface area contributed by atoms with Gasteiger partial charge in [0.25, 0.3) is 0 Å². The van der Waals surface area contributed by atoms with E-state index < -0.39 is 0 Å². The lowest BCUT2D eigenvalue weighted by Gasteiger charge is -2.40. The Labute approximate surface area is 109 Å². The van der Waals surface area contributed by atoms with Crippen molar-refractivity contribution in [3.63, 3.8) is 0 Å². The molecule has 0 aromatic carbocycles. The van der Waals surface area contributed by atoms with Crippen molar-refractivity contribution in [3.05, 3.63) is 0 Å². The Bertz CT molecular complexity index is 243. The molecule has 2 unspecified atom stereocenters. The molecule has 0 amide bonds. The molecule has 2 fully saturated rings. The van der Waals surface area contributed by atoms with Gasteiger partial charge in [-0.2, -0.15) is 0 Å². The first-order chi connectivity index (χ1) is 8.76. The van der Waals surface area contributed by atoms with E-state index in [2.05, 4.69) is 11.9 Å². The summed E-state index contributed by atoms with van der Waals surface area (Å²) >= 11 is 0. The zero-order valence-electron chi connectivity index (χ0n) is 11.3. The second kappa shape index (κ2) is 6.82. The summed E-state index contributed by atoms with van der Waals surface area (Å²) in [5.41, 5.74) is -0.0247. The van der Waals surface area contributed by atoms with Crippen molar-refractivity contribution in [1.29, 1.82) is 0 Å². The van der Waals surface area contributed by atoms with Crippen molar-refractivity contribution in [2.24, 2.45) is 0 Å². The van der Waals surface area contributed by atoms with Crippen LogP contribution in [0.15, 0.2) is 0 Å². The normalized spacial score (nSPS) is 32.5. The van der Waals surface area contributed by atoms with Gasteiger partial charge in [-0.15, -0.1) is 0 Å². The van der Waals surface area contributed by atoms with Crippen molar-refractivity contribution < 1.29 is 19.3 Å². The number of ether oxygens (including phenoxy) is 3. The third-order valence-electron chi connectivity index (χ3n) is 3.98. The van der Waals surface area contributed by atoms with Gasteiger partial charge in [0, 0.05) is 32.2 Å². The standard InChI is InChI=1S/C13H25NO4/c1-14(4-8-16-9-5-15)12-2-6-18-13(10-12)3-7-17-11-13/h12,15H,2-11H2,1H3. The summed E-state index contributed by atoms with van der Waals surface area (Å²) in [6, 6.07) is 0.554. The number of likely N-dealkylation sites (N-methyl/N-ethyl adjacent to an activating group) is 1. The number of hydrogen-bond acceptors (Lipinski definition) is 5. The first-order valence-electron chi connectivity index (χ1n) is 6.86. The van der Waals surface area contributed by atoms with Gasteiger partial charge in [-0.3, -0.25) is 0 Å². The van der Waals surface area contributed by atoms with Crippen LogP contribution < -0.4 is 0 Å². The molecule has 0 radical (unpaired) electrons. The van der Waals surface area contributed by atoms with Crippen LogP contribution in [-0.4, -0.2) is 74.9 Å². The minimum absolute atomic E-state index is 0.0247. The Morgan fingerprint density at radius 2 is 2.28 bits per heavy atom. The van der Waals surface area contributed by atoms with E-state index in [1.807, 2.05) is 0 Å². The molecule has 1 spiro atoms. The molecule has 2 aliphatic heterocycles. The van der Waals surface area contributed by atoms with E-state index in [9.17, 15) is 0 Å². The molecular weight excluding hydrogens is 234 g/mol. The number of aliphatic hydroxyl groups excluding tert-OH is 1. The molecule has 2 atom stereocenters. The summed E-state index contributed by atoms with van der Waals surface area (Å²) in [6.45, 7) is 4.52. The molecule has 0 bridgehead atoms. The quantitative estimate of drug-likeness (QED) is 0.694. The molecule has 106 valence electrons. The zero-order chi connectivity index (χ0) is 12.8. The van der Waals surface area contributed by atoms with Crippen LogP contribution in [0.25, 0.3) is 0 Å². The third kappa shape index (κ3) is 3.65. The third-order valence-corrected chi connectivity index (χ3v) is 3.98. The molecule has 5 heteroatoms. The van der Waals surface area contributed by atoms with Crippen molar-refractivity contribution >= 4 is 0 Å². The van der Waals surface area contributed by atoms with Crippen molar-refractivity contribution in [2.75, 3.05) is 53.2 Å². The van der Waals surface area contributed by atoms with Gasteiger partial charge in [-0.1, -0.05) is 0 Å². The van der Waals surface area contributed by atoms with Gasteiger partial charge in [-0.25, -0.2) is 0 Å². The van der Waals surface area contributed by atoms with Crippen molar-refractivity contribution in [3.8, 4) is 0 Å². The van der Waals surface area contributed by atoms with Crippen LogP contribution in [0.3, 0.4) is 0 Å². The minimum Gasteiger partial charge on any atom is -0.394 e. The second-order valence-corrected chi connectivity index (χ2v) is 5.30. The molecule has 18 heavy (non-hydrogen) atoms. The predicted molar refractivity (Wildman–Crippen MR) is 67.7 cm³/mol. The second-order valence-electron chi connectivity index (χ2n) is 5.30. The first-order valence-corrected chi connectivity index (χ1v) is 6.86. The van der Waals surface area contributed by atoms with Gasteiger partial charge >= 0.3 is 0 Å². The van der Waals surface area contributed by atoms with E-state index in [0.29, 0.717) is 19.3 Å². The largest absolute Gasteiger partial charge is 0.394 e. The van der Waals surface area contributed by atoms with Crippen LogP contribution in [0.1, 0.15) is 19.3 Å². The molecule has 0 saturated carbocycles. The van der Waals surface area contributed by atoms with E-state index in [1.165, 1.54) is 0 Å². The predicted octanol–water partition coefficient (Wildman–Crippen LogP) is 0.265. The molecule has 0 aromatic heterocycles. The Kier molecular flexibility index (Phi) is 5.38. The van der Waals surface area contributed by atoms with Crippen LogP contribution in [-0.2, 0) is 14.2 Å². The average molecular weight is 259 g/mol. The Hall–Kier alpha value is -0.200. The fraction of sp³-hybridized carbons (Fsp3) is 1.00. The smallest absolute Gasteiger partial charge is 0.0951 e. The lowest BCUT2D eigenvalue weighted by molar-refractivity contribution is -0.105. The van der Waals surface area contributed by atoms with Gasteiger partial charge in [-0.05, 0) is 19.9 Å². The van der Waals surface area contributed by atoms with Gasteiger partial charge in [0.15, 0.2) is 0 Å². The fourth-order valence-electron chi connectivity index (χ4n) is 2.80. The average Bonchev–Trinajstić information content (AvgIpc) is 2.82. The van der Waals surface area contributed by atoms with Crippen LogP contribution in [0, 0.1) is 0 Å². The number of aliphatic hydroxyl groups is 1. The molecule has 1 N–H and O–H groups in total. The van der Waals surface area contributed by atoms with E-state index in [0.717, 1.165) is 45.6 Å². The molecule has 5 nitrogen and oxygen atoms in total. The van der Waals surface area contributed by atoms with Gasteiger partial charge in [0.05, 0.1) is 32.0 Å². The Morgan fingerprint density at radius 1 is 1.39 bits per heavy atom. The molecular formula is C13H25NO4. The lowest BCUT2D eigenvalue weighted by atomic mass is 9.89. The molecule has 2 saturated heterocycles. The first kappa shape index (κ1) is 14.2. The highest BCUT2D eigenvalue weighted by atomic mass is 16.6. The molecule has 2 rings (SSSR count). The molecule has 2 aliphatic rings. The topological polar surface area (TPSA) is 51.2 Å². The molecule has 0 aliphatic carbocycles. The van der Waals surface area contributed by atoms with Gasteiger partial charge in [0.2, 0.25) is 0 Å². The van der Waals surface area contributed by atoms with Crippen molar-refractivity contribution in [2.45, 2.75) is 30.9 Å². The van der Waals surface area contributed by atoms with Gasteiger partial charge < -0.3 is 24.2 Å². The maximum absolute atomic E-state index is 8.65. The molecule has 0 aromatic rings. The summed E-state index contributed by atoms with van der Waals surface area (Å²) in [4.78, 5) is 2.35. The number of nitrogens with zero attached hydrogens (tertiary/aromatic N) is 1. The SMILES string of the molecule is CN(CCOCCO)C1CCOC2(CCOC2)C1. The van der Waals surface area contributed by atoms with E-state index in [-0.39, 0.29) is 12.2 Å². The fourth-order valence-corrected chi connectivity index (χ4v) is 2.80. The van der Waals surface area contributed by atoms with Crippen LogP contribution in [0.5, 0.6) is 0 Å².